The fourth-order valence-corrected chi connectivity index (χ4v) is 3.19. The summed E-state index contributed by atoms with van der Waals surface area (Å²) in [6.07, 6.45) is 0. The van der Waals surface area contributed by atoms with E-state index in [9.17, 15) is 23.2 Å². The largest absolute Gasteiger partial charge is 0.322 e. The van der Waals surface area contributed by atoms with E-state index in [4.69, 9.17) is 0 Å². The molecule has 0 radical (unpaired) electrons. The number of hydrogen-bond donors (Lipinski definition) is 1. The summed E-state index contributed by atoms with van der Waals surface area (Å²) in [5.41, 5.74) is 1.73. The number of benzene rings is 3. The number of aryl methyl sites for hydroxylation is 1. The van der Waals surface area contributed by atoms with E-state index in [2.05, 4.69) is 5.32 Å². The van der Waals surface area contributed by atoms with E-state index in [0.29, 0.717) is 5.69 Å². The summed E-state index contributed by atoms with van der Waals surface area (Å²) >= 11 is 0. The van der Waals surface area contributed by atoms with E-state index in [1.54, 1.807) is 31.2 Å². The fourth-order valence-electron chi connectivity index (χ4n) is 3.19. The Labute approximate surface area is 164 Å². The van der Waals surface area contributed by atoms with Crippen molar-refractivity contribution in [3.8, 4) is 0 Å². The van der Waals surface area contributed by atoms with Crippen molar-refractivity contribution >= 4 is 29.1 Å². The molecule has 0 saturated carbocycles. The van der Waals surface area contributed by atoms with Crippen molar-refractivity contribution in [2.45, 2.75) is 6.92 Å². The van der Waals surface area contributed by atoms with Crippen molar-refractivity contribution < 1.29 is 23.2 Å². The summed E-state index contributed by atoms with van der Waals surface area (Å²) in [5.74, 6) is -3.73. The molecule has 0 aliphatic carbocycles. The number of amides is 3. The van der Waals surface area contributed by atoms with E-state index in [1.807, 2.05) is 0 Å². The average Bonchev–Trinajstić information content (AvgIpc) is 2.95. The van der Waals surface area contributed by atoms with Gasteiger partial charge in [0.2, 0.25) is 0 Å². The van der Waals surface area contributed by atoms with Crippen LogP contribution in [0.1, 0.15) is 36.6 Å². The molecule has 144 valence electrons. The molecule has 0 aromatic heterocycles. The zero-order valence-corrected chi connectivity index (χ0v) is 15.2. The van der Waals surface area contributed by atoms with Crippen molar-refractivity contribution in [1.29, 1.82) is 0 Å². The summed E-state index contributed by atoms with van der Waals surface area (Å²) in [7, 11) is 0. The minimum absolute atomic E-state index is 0.0679. The van der Waals surface area contributed by atoms with Crippen LogP contribution in [0.5, 0.6) is 0 Å². The van der Waals surface area contributed by atoms with E-state index in [1.165, 1.54) is 24.3 Å². The Balaban J connectivity index is 1.64. The highest BCUT2D eigenvalue weighted by Gasteiger charge is 2.37. The van der Waals surface area contributed by atoms with Crippen molar-refractivity contribution in [3.05, 3.63) is 94.6 Å². The van der Waals surface area contributed by atoms with Crippen LogP contribution in [-0.2, 0) is 0 Å². The highest BCUT2D eigenvalue weighted by molar-refractivity contribution is 6.35. The second-order valence-electron chi connectivity index (χ2n) is 6.58. The molecule has 0 fully saturated rings. The summed E-state index contributed by atoms with van der Waals surface area (Å²) < 4.78 is 26.4. The van der Waals surface area contributed by atoms with E-state index >= 15 is 0 Å². The van der Waals surface area contributed by atoms with Gasteiger partial charge in [-0.1, -0.05) is 18.2 Å². The average molecular weight is 392 g/mol. The molecular formula is C22H14F2N2O3. The van der Waals surface area contributed by atoms with Crippen LogP contribution in [0.25, 0.3) is 0 Å². The third kappa shape index (κ3) is 3.16. The number of carbonyl (C=O) groups excluding carboxylic acids is 3. The first-order chi connectivity index (χ1) is 13.9. The molecule has 1 aliphatic rings. The fraction of sp³-hybridized carbons (Fsp3) is 0.0455. The number of fused-ring (bicyclic) bond motifs is 1. The minimum atomic E-state index is -1.09. The summed E-state index contributed by atoms with van der Waals surface area (Å²) in [4.78, 5) is 39.1. The molecular weight excluding hydrogens is 378 g/mol. The van der Waals surface area contributed by atoms with Crippen LogP contribution in [0.2, 0.25) is 0 Å². The molecule has 7 heteroatoms. The van der Waals surface area contributed by atoms with Gasteiger partial charge in [-0.15, -0.1) is 0 Å². The molecule has 0 atom stereocenters. The Morgan fingerprint density at radius 1 is 0.862 bits per heavy atom. The lowest BCUT2D eigenvalue weighted by atomic mass is 10.1. The lowest BCUT2D eigenvalue weighted by Gasteiger charge is -2.16. The first-order valence-electron chi connectivity index (χ1n) is 8.71. The van der Waals surface area contributed by atoms with Gasteiger partial charge in [0.15, 0.2) is 11.6 Å². The maximum atomic E-state index is 13.3. The number of nitrogens with zero attached hydrogens (tertiary/aromatic N) is 1. The van der Waals surface area contributed by atoms with Crippen molar-refractivity contribution in [2.24, 2.45) is 0 Å². The molecule has 0 saturated heterocycles. The molecule has 3 aromatic rings. The third-order valence-corrected chi connectivity index (χ3v) is 4.68. The van der Waals surface area contributed by atoms with Crippen LogP contribution in [0.3, 0.4) is 0 Å². The molecule has 4 rings (SSSR count). The maximum Gasteiger partial charge on any atom is 0.266 e. The Hall–Kier alpha value is -3.87. The molecule has 3 aromatic carbocycles. The van der Waals surface area contributed by atoms with Crippen molar-refractivity contribution in [1.82, 2.24) is 0 Å². The summed E-state index contributed by atoms with van der Waals surface area (Å²) in [5, 5.41) is 2.44. The molecule has 0 spiro atoms. The number of imide groups is 1. The molecule has 0 bridgehead atoms. The Bertz CT molecular complexity index is 1190. The Morgan fingerprint density at radius 3 is 2.31 bits per heavy atom. The van der Waals surface area contributed by atoms with Gasteiger partial charge in [0.25, 0.3) is 17.7 Å². The maximum absolute atomic E-state index is 13.3. The number of nitrogens with one attached hydrogen (secondary N) is 1. The van der Waals surface area contributed by atoms with Crippen LogP contribution in [0, 0.1) is 18.6 Å². The Kier molecular flexibility index (Phi) is 4.43. The third-order valence-electron chi connectivity index (χ3n) is 4.68. The van der Waals surface area contributed by atoms with Gasteiger partial charge in [-0.05, 0) is 48.9 Å². The van der Waals surface area contributed by atoms with Crippen LogP contribution in [-0.4, -0.2) is 17.7 Å². The van der Waals surface area contributed by atoms with Gasteiger partial charge in [0.1, 0.15) is 0 Å². The van der Waals surface area contributed by atoms with Crippen LogP contribution >= 0.6 is 0 Å². The molecule has 1 aliphatic heterocycles. The topological polar surface area (TPSA) is 66.5 Å². The second-order valence-corrected chi connectivity index (χ2v) is 6.58. The summed E-state index contributed by atoms with van der Waals surface area (Å²) in [6.45, 7) is 1.79. The predicted molar refractivity (Wildman–Crippen MR) is 103 cm³/mol. The predicted octanol–water partition coefficient (Wildman–Crippen LogP) is 4.33. The number of para-hydroxylation sites is 1. The highest BCUT2D eigenvalue weighted by atomic mass is 19.2. The number of halogens is 2. The zero-order chi connectivity index (χ0) is 20.7. The molecule has 1 N–H and O–H groups in total. The molecule has 1 heterocycles. The first kappa shape index (κ1) is 18.5. The Morgan fingerprint density at radius 2 is 1.59 bits per heavy atom. The summed E-state index contributed by atoms with van der Waals surface area (Å²) in [6, 6.07) is 14.1. The quantitative estimate of drug-likeness (QED) is 0.675. The lowest BCUT2D eigenvalue weighted by Crippen LogP contribution is -2.29. The number of anilines is 2. The SMILES string of the molecule is Cc1ccccc1N1C(=O)c2ccc(C(=O)Nc3ccc(F)c(F)c3)cc2C1=O. The van der Waals surface area contributed by atoms with Gasteiger partial charge < -0.3 is 5.32 Å². The normalized spacial score (nSPS) is 12.9. The molecule has 5 nitrogen and oxygen atoms in total. The van der Waals surface area contributed by atoms with E-state index in [0.717, 1.165) is 22.6 Å². The lowest BCUT2D eigenvalue weighted by molar-refractivity contribution is 0.0925. The zero-order valence-electron chi connectivity index (χ0n) is 15.2. The number of rotatable bonds is 3. The number of carbonyl (C=O) groups is 3. The van der Waals surface area contributed by atoms with Crippen LogP contribution in [0.15, 0.2) is 60.7 Å². The minimum Gasteiger partial charge on any atom is -0.322 e. The highest BCUT2D eigenvalue weighted by Crippen LogP contribution is 2.31. The smallest absolute Gasteiger partial charge is 0.266 e. The van der Waals surface area contributed by atoms with E-state index in [-0.39, 0.29) is 22.4 Å². The van der Waals surface area contributed by atoms with Crippen LogP contribution < -0.4 is 10.2 Å². The van der Waals surface area contributed by atoms with Gasteiger partial charge in [-0.25, -0.2) is 13.7 Å². The monoisotopic (exact) mass is 392 g/mol. The standard InChI is InChI=1S/C22H14F2N2O3/c1-12-4-2-3-5-19(12)26-21(28)15-8-6-13(10-16(15)22(26)29)20(27)25-14-7-9-17(23)18(24)11-14/h2-11H,1H3,(H,25,27). The number of hydrogen-bond acceptors (Lipinski definition) is 3. The first-order valence-corrected chi connectivity index (χ1v) is 8.71. The molecule has 29 heavy (non-hydrogen) atoms. The second kappa shape index (κ2) is 6.94. The molecule has 3 amide bonds. The van der Waals surface area contributed by atoms with E-state index < -0.39 is 29.4 Å². The van der Waals surface area contributed by atoms with Gasteiger partial charge in [-0.2, -0.15) is 0 Å². The van der Waals surface area contributed by atoms with Crippen molar-refractivity contribution in [2.75, 3.05) is 10.2 Å². The molecule has 0 unspecified atom stereocenters. The van der Waals surface area contributed by atoms with Gasteiger partial charge in [0, 0.05) is 17.3 Å². The van der Waals surface area contributed by atoms with Gasteiger partial charge in [0.05, 0.1) is 16.8 Å². The van der Waals surface area contributed by atoms with Crippen LogP contribution in [0.4, 0.5) is 20.2 Å². The van der Waals surface area contributed by atoms with Gasteiger partial charge in [-0.3, -0.25) is 14.4 Å². The van der Waals surface area contributed by atoms with Crippen molar-refractivity contribution in [3.63, 3.8) is 0 Å². The van der Waals surface area contributed by atoms with Gasteiger partial charge >= 0.3 is 0 Å².